The molecule has 0 saturated heterocycles. The summed E-state index contributed by atoms with van der Waals surface area (Å²) in [6.45, 7) is 8.61. The summed E-state index contributed by atoms with van der Waals surface area (Å²) in [5.41, 5.74) is 3.56. The minimum atomic E-state index is -0.292. The topological polar surface area (TPSA) is 20.2 Å². The number of aliphatic hydroxyl groups excluding tert-OH is 1. The average Bonchev–Trinajstić information content (AvgIpc) is 2.16. The quantitative estimate of drug-likeness (QED) is 0.790. The molecule has 0 fully saturated rings. The van der Waals surface area contributed by atoms with Crippen LogP contribution in [0.15, 0.2) is 18.2 Å². The first kappa shape index (κ1) is 13.2. The van der Waals surface area contributed by atoms with Gasteiger partial charge in [-0.15, -0.1) is 0 Å². The highest BCUT2D eigenvalue weighted by atomic mass is 16.3. The molecular weight excluding hydrogens is 196 g/mol. The van der Waals surface area contributed by atoms with Gasteiger partial charge in [0.2, 0.25) is 0 Å². The van der Waals surface area contributed by atoms with Gasteiger partial charge in [-0.05, 0) is 37.3 Å². The molecule has 0 bridgehead atoms. The molecule has 1 nitrogen and oxygen atoms in total. The molecule has 1 rings (SSSR count). The zero-order valence-corrected chi connectivity index (χ0v) is 11.0. The third-order valence-corrected chi connectivity index (χ3v) is 3.04. The van der Waals surface area contributed by atoms with Gasteiger partial charge in [0.05, 0.1) is 6.10 Å². The maximum atomic E-state index is 10.1. The van der Waals surface area contributed by atoms with Crippen LogP contribution in [0.3, 0.4) is 0 Å². The van der Waals surface area contributed by atoms with Crippen molar-refractivity contribution in [2.45, 2.75) is 53.1 Å². The van der Waals surface area contributed by atoms with Crippen LogP contribution in [-0.2, 0) is 0 Å². The van der Waals surface area contributed by atoms with Crippen molar-refractivity contribution in [3.63, 3.8) is 0 Å². The van der Waals surface area contributed by atoms with E-state index in [0.29, 0.717) is 0 Å². The molecule has 0 spiro atoms. The van der Waals surface area contributed by atoms with E-state index in [1.165, 1.54) is 17.5 Å². The third kappa shape index (κ3) is 3.97. The first-order valence-corrected chi connectivity index (χ1v) is 6.26. The number of hydrogen-bond donors (Lipinski definition) is 1. The van der Waals surface area contributed by atoms with E-state index < -0.39 is 0 Å². The molecule has 0 aliphatic heterocycles. The van der Waals surface area contributed by atoms with Crippen LogP contribution in [0.1, 0.15) is 55.9 Å². The Morgan fingerprint density at radius 3 is 2.38 bits per heavy atom. The van der Waals surface area contributed by atoms with Gasteiger partial charge in [-0.25, -0.2) is 0 Å². The predicted molar refractivity (Wildman–Crippen MR) is 69.6 cm³/mol. The van der Waals surface area contributed by atoms with Gasteiger partial charge in [0.1, 0.15) is 0 Å². The largest absolute Gasteiger partial charge is 0.388 e. The number of rotatable bonds is 5. The van der Waals surface area contributed by atoms with Gasteiger partial charge in [-0.1, -0.05) is 50.5 Å². The van der Waals surface area contributed by atoms with Gasteiger partial charge in [0, 0.05) is 0 Å². The highest BCUT2D eigenvalue weighted by molar-refractivity contribution is 5.31. The van der Waals surface area contributed by atoms with Crippen molar-refractivity contribution in [2.75, 3.05) is 0 Å². The monoisotopic (exact) mass is 220 g/mol. The van der Waals surface area contributed by atoms with Crippen molar-refractivity contribution in [2.24, 2.45) is 5.92 Å². The highest BCUT2D eigenvalue weighted by Gasteiger charge is 2.10. The van der Waals surface area contributed by atoms with Crippen LogP contribution < -0.4 is 0 Å². The molecule has 16 heavy (non-hydrogen) atoms. The molecule has 1 heteroatoms. The first-order valence-electron chi connectivity index (χ1n) is 6.26. The first-order chi connectivity index (χ1) is 7.50. The molecule has 0 saturated carbocycles. The van der Waals surface area contributed by atoms with E-state index in [9.17, 15) is 5.11 Å². The molecule has 0 radical (unpaired) electrons. The van der Waals surface area contributed by atoms with Gasteiger partial charge < -0.3 is 5.11 Å². The maximum Gasteiger partial charge on any atom is 0.0792 e. The molecule has 1 unspecified atom stereocenters. The lowest BCUT2D eigenvalue weighted by atomic mass is 9.96. The molecule has 90 valence electrons. The van der Waals surface area contributed by atoms with E-state index in [1.807, 2.05) is 0 Å². The second-order valence-electron chi connectivity index (χ2n) is 5.20. The van der Waals surface area contributed by atoms with Gasteiger partial charge >= 0.3 is 0 Å². The second-order valence-corrected chi connectivity index (χ2v) is 5.20. The van der Waals surface area contributed by atoms with Gasteiger partial charge in [0.25, 0.3) is 0 Å². The number of benzene rings is 1. The van der Waals surface area contributed by atoms with Crippen LogP contribution in [0.5, 0.6) is 0 Å². The fourth-order valence-electron chi connectivity index (χ4n) is 2.07. The number of aliphatic hydroxyl groups is 1. The van der Waals surface area contributed by atoms with E-state index in [-0.39, 0.29) is 6.10 Å². The average molecular weight is 220 g/mol. The summed E-state index contributed by atoms with van der Waals surface area (Å²) in [6.07, 6.45) is 2.88. The third-order valence-electron chi connectivity index (χ3n) is 3.04. The summed E-state index contributed by atoms with van der Waals surface area (Å²) in [5.74, 6) is 0.728. The van der Waals surface area contributed by atoms with Crippen LogP contribution in [-0.4, -0.2) is 5.11 Å². The van der Waals surface area contributed by atoms with Crippen molar-refractivity contribution in [3.05, 3.63) is 34.9 Å². The summed E-state index contributed by atoms with van der Waals surface area (Å²) >= 11 is 0. The molecule has 1 aromatic carbocycles. The summed E-state index contributed by atoms with van der Waals surface area (Å²) in [6, 6.07) is 6.28. The highest BCUT2D eigenvalue weighted by Crippen LogP contribution is 2.24. The van der Waals surface area contributed by atoms with E-state index >= 15 is 0 Å². The second kappa shape index (κ2) is 6.05. The number of hydrogen-bond acceptors (Lipinski definition) is 1. The Morgan fingerprint density at radius 2 is 1.81 bits per heavy atom. The standard InChI is InChI=1S/C15H24O/c1-11(2)6-5-7-15(16)14-9-8-12(3)10-13(14)4/h8-11,15-16H,5-7H2,1-4H3. The van der Waals surface area contributed by atoms with Gasteiger partial charge in [-0.2, -0.15) is 0 Å². The summed E-state index contributed by atoms with van der Waals surface area (Å²) in [5, 5.41) is 10.1. The van der Waals surface area contributed by atoms with E-state index in [4.69, 9.17) is 0 Å². The molecule has 0 heterocycles. The zero-order valence-electron chi connectivity index (χ0n) is 11.0. The Bertz CT molecular complexity index is 328. The Morgan fingerprint density at radius 1 is 1.12 bits per heavy atom. The Hall–Kier alpha value is -0.820. The normalized spacial score (nSPS) is 13.1. The minimum Gasteiger partial charge on any atom is -0.388 e. The lowest BCUT2D eigenvalue weighted by molar-refractivity contribution is 0.161. The van der Waals surface area contributed by atoms with Crippen molar-refractivity contribution in [1.29, 1.82) is 0 Å². The molecule has 1 atom stereocenters. The molecule has 0 aliphatic carbocycles. The van der Waals surface area contributed by atoms with Gasteiger partial charge in [0.15, 0.2) is 0 Å². The summed E-state index contributed by atoms with van der Waals surface area (Å²) in [7, 11) is 0. The molecule has 1 N–H and O–H groups in total. The Balaban J connectivity index is 2.55. The Kier molecular flexibility index (Phi) is 5.01. The zero-order chi connectivity index (χ0) is 12.1. The lowest BCUT2D eigenvalue weighted by Crippen LogP contribution is -2.01. The van der Waals surface area contributed by atoms with Crippen LogP contribution in [0, 0.1) is 19.8 Å². The molecule has 0 aliphatic rings. The van der Waals surface area contributed by atoms with Crippen LogP contribution in [0.4, 0.5) is 0 Å². The lowest BCUT2D eigenvalue weighted by Gasteiger charge is -2.14. The van der Waals surface area contributed by atoms with Crippen molar-refractivity contribution in [1.82, 2.24) is 0 Å². The molecular formula is C15H24O. The van der Waals surface area contributed by atoms with E-state index in [2.05, 4.69) is 45.9 Å². The summed E-state index contributed by atoms with van der Waals surface area (Å²) < 4.78 is 0. The van der Waals surface area contributed by atoms with Crippen LogP contribution in [0.2, 0.25) is 0 Å². The number of aryl methyl sites for hydroxylation is 2. The fourth-order valence-corrected chi connectivity index (χ4v) is 2.07. The van der Waals surface area contributed by atoms with Gasteiger partial charge in [-0.3, -0.25) is 0 Å². The van der Waals surface area contributed by atoms with Crippen LogP contribution in [0.25, 0.3) is 0 Å². The van der Waals surface area contributed by atoms with Crippen LogP contribution >= 0.6 is 0 Å². The summed E-state index contributed by atoms with van der Waals surface area (Å²) in [4.78, 5) is 0. The SMILES string of the molecule is Cc1ccc(C(O)CCCC(C)C)c(C)c1. The van der Waals surface area contributed by atoms with Crippen molar-refractivity contribution in [3.8, 4) is 0 Å². The molecule has 1 aromatic rings. The molecule has 0 amide bonds. The maximum absolute atomic E-state index is 10.1. The molecule has 0 aromatic heterocycles. The van der Waals surface area contributed by atoms with E-state index in [1.54, 1.807) is 0 Å². The predicted octanol–water partition coefficient (Wildman–Crippen LogP) is 4.16. The van der Waals surface area contributed by atoms with E-state index in [0.717, 1.165) is 24.3 Å². The Labute approximate surface area is 99.5 Å². The fraction of sp³-hybridized carbons (Fsp3) is 0.600. The van der Waals surface area contributed by atoms with Crippen molar-refractivity contribution < 1.29 is 5.11 Å². The van der Waals surface area contributed by atoms with Crippen molar-refractivity contribution >= 4 is 0 Å². The minimum absolute atomic E-state index is 0.292. The smallest absolute Gasteiger partial charge is 0.0792 e.